The molecule has 39 heavy (non-hydrogen) atoms. The number of aromatic amines is 1. The lowest BCUT2D eigenvalue weighted by Gasteiger charge is -2.34. The first-order chi connectivity index (χ1) is 18.5. The highest BCUT2D eigenvalue weighted by Crippen LogP contribution is 2.45. The zero-order valence-electron chi connectivity index (χ0n) is 21.0. The number of amides is 2. The molecule has 3 aromatic rings. The zero-order valence-corrected chi connectivity index (χ0v) is 21.0. The van der Waals surface area contributed by atoms with Gasteiger partial charge in [0.2, 0.25) is 5.91 Å². The number of nitrogen functional groups attached to an aromatic ring is 1. The van der Waals surface area contributed by atoms with E-state index in [1.165, 1.54) is 12.3 Å². The van der Waals surface area contributed by atoms with Crippen molar-refractivity contribution in [1.29, 1.82) is 0 Å². The van der Waals surface area contributed by atoms with Gasteiger partial charge in [0.05, 0.1) is 17.2 Å². The predicted molar refractivity (Wildman–Crippen MR) is 134 cm³/mol. The average molecular weight is 546 g/mol. The number of H-pyrrole nitrogens is 1. The van der Waals surface area contributed by atoms with Gasteiger partial charge in [-0.3, -0.25) is 9.59 Å². The molecule has 2 saturated heterocycles. The van der Waals surface area contributed by atoms with Gasteiger partial charge < -0.3 is 25.7 Å². The summed E-state index contributed by atoms with van der Waals surface area (Å²) in [5.74, 6) is -1.43. The molecule has 2 aromatic heterocycles. The van der Waals surface area contributed by atoms with Crippen LogP contribution >= 0.6 is 0 Å². The average Bonchev–Trinajstić information content (AvgIpc) is 3.43. The van der Waals surface area contributed by atoms with Crippen LogP contribution in [0.2, 0.25) is 0 Å². The van der Waals surface area contributed by atoms with Gasteiger partial charge in [0.15, 0.2) is 0 Å². The number of carbonyl (C=O) groups excluding carboxylic acids is 2. The van der Waals surface area contributed by atoms with Crippen LogP contribution in [0.1, 0.15) is 58.8 Å². The topological polar surface area (TPSA) is 113 Å². The summed E-state index contributed by atoms with van der Waals surface area (Å²) in [6.07, 6.45) is 0.0620. The van der Waals surface area contributed by atoms with Gasteiger partial charge in [-0.1, -0.05) is 0 Å². The van der Waals surface area contributed by atoms with E-state index in [9.17, 15) is 22.8 Å². The van der Waals surface area contributed by atoms with Gasteiger partial charge in [0.1, 0.15) is 17.2 Å². The molecule has 1 spiro atoms. The molecule has 206 valence electrons. The number of alkyl halides is 3. The molecule has 4 heterocycles. The summed E-state index contributed by atoms with van der Waals surface area (Å²) in [7, 11) is 0. The molecule has 2 fully saturated rings. The van der Waals surface area contributed by atoms with E-state index in [-0.39, 0.29) is 23.1 Å². The highest BCUT2D eigenvalue weighted by atomic mass is 19.4. The number of benzene rings is 1. The molecule has 1 aliphatic carbocycles. The van der Waals surface area contributed by atoms with Crippen LogP contribution in [0.4, 0.5) is 23.2 Å². The lowest BCUT2D eigenvalue weighted by Crippen LogP contribution is -2.38. The second-order valence-corrected chi connectivity index (χ2v) is 10.7. The van der Waals surface area contributed by atoms with Crippen molar-refractivity contribution in [2.45, 2.75) is 50.8 Å². The number of likely N-dealkylation sites (tertiary alicyclic amines) is 1. The summed E-state index contributed by atoms with van der Waals surface area (Å²) < 4.78 is 56.8. The number of piperidine rings is 1. The molecule has 0 bridgehead atoms. The Labute approximate surface area is 220 Å². The maximum Gasteiger partial charge on any atom is 0.573 e. The van der Waals surface area contributed by atoms with Gasteiger partial charge in [-0.25, -0.2) is 9.37 Å². The molecule has 2 amide bonds. The molecule has 4 N–H and O–H groups in total. The molecule has 6 rings (SSSR count). The molecule has 3 aliphatic rings. The Balaban J connectivity index is 1.23. The summed E-state index contributed by atoms with van der Waals surface area (Å²) in [4.78, 5) is 35.0. The number of nitrogens with two attached hydrogens (primary N) is 1. The number of pyridine rings is 1. The van der Waals surface area contributed by atoms with E-state index in [4.69, 9.17) is 5.73 Å². The van der Waals surface area contributed by atoms with Crippen LogP contribution in [0, 0.1) is 11.2 Å². The summed E-state index contributed by atoms with van der Waals surface area (Å²) >= 11 is 0. The number of aryl methyl sites for hydroxylation is 1. The zero-order chi connectivity index (χ0) is 27.5. The molecule has 0 saturated carbocycles. The smallest absolute Gasteiger partial charge is 0.406 e. The van der Waals surface area contributed by atoms with Crippen LogP contribution in [-0.4, -0.2) is 52.7 Å². The van der Waals surface area contributed by atoms with Crippen molar-refractivity contribution in [3.8, 4) is 5.75 Å². The Hall–Kier alpha value is -3.83. The first-order valence-electron chi connectivity index (χ1n) is 13.0. The van der Waals surface area contributed by atoms with E-state index >= 15 is 4.39 Å². The normalized spacial score (nSPS) is 21.8. The van der Waals surface area contributed by atoms with Gasteiger partial charge in [0.25, 0.3) is 5.91 Å². The minimum atomic E-state index is -4.86. The number of hydrogen-bond acceptors (Lipinski definition) is 5. The van der Waals surface area contributed by atoms with Crippen molar-refractivity contribution in [3.63, 3.8) is 0 Å². The van der Waals surface area contributed by atoms with E-state index < -0.39 is 29.3 Å². The fourth-order valence-electron chi connectivity index (χ4n) is 6.47. The van der Waals surface area contributed by atoms with Crippen molar-refractivity contribution < 1.29 is 31.9 Å². The molecule has 12 heteroatoms. The highest BCUT2D eigenvalue weighted by Gasteiger charge is 2.46. The van der Waals surface area contributed by atoms with Gasteiger partial charge in [-0.15, -0.1) is 13.2 Å². The number of nitrogens with zero attached hydrogens (tertiary/aromatic N) is 2. The Morgan fingerprint density at radius 2 is 1.97 bits per heavy atom. The van der Waals surface area contributed by atoms with E-state index in [0.29, 0.717) is 56.5 Å². The Bertz CT molecular complexity index is 1480. The SMILES string of the molecule is Nc1cc(OC(F)(F)F)ccc1C(=O)N1CCC(c2c(F)cnc3[nH]c4c(c23)C[C@@]2(CCNC2=O)CC4)CC1. The van der Waals surface area contributed by atoms with Gasteiger partial charge in [-0.05, 0) is 62.1 Å². The molecule has 1 aromatic carbocycles. The number of anilines is 1. The van der Waals surface area contributed by atoms with Crippen LogP contribution in [0.25, 0.3) is 11.0 Å². The van der Waals surface area contributed by atoms with E-state index in [1.807, 2.05) is 0 Å². The molecular weight excluding hydrogens is 518 g/mol. The minimum Gasteiger partial charge on any atom is -0.406 e. The monoisotopic (exact) mass is 545 g/mol. The number of aromatic nitrogens is 2. The number of rotatable bonds is 3. The quantitative estimate of drug-likeness (QED) is 0.337. The number of ether oxygens (including phenoxy) is 1. The standard InChI is InChI=1S/C27H27F4N5O3/c28-18-13-34-23-22(17-12-26(6-3-20(17)35-23)7-8-33-25(26)38)21(18)14-4-9-36(10-5-14)24(37)16-2-1-15(11-19(16)32)39-27(29,30)31/h1-2,11,13-14H,3-10,12,32H2,(H,33,38)(H,34,35)/t26-/m0/s1. The second-order valence-electron chi connectivity index (χ2n) is 10.7. The van der Waals surface area contributed by atoms with Crippen LogP contribution in [0.15, 0.2) is 24.4 Å². The van der Waals surface area contributed by atoms with E-state index in [1.54, 1.807) is 4.90 Å². The number of halogens is 4. The lowest BCUT2D eigenvalue weighted by molar-refractivity contribution is -0.274. The number of fused-ring (bicyclic) bond motifs is 3. The van der Waals surface area contributed by atoms with E-state index in [2.05, 4.69) is 20.0 Å². The summed E-state index contributed by atoms with van der Waals surface area (Å²) in [6.45, 7) is 1.29. The van der Waals surface area contributed by atoms with Crippen molar-refractivity contribution >= 4 is 28.5 Å². The molecular formula is C27H27F4N5O3. The Morgan fingerprint density at radius 3 is 2.64 bits per heavy atom. The van der Waals surface area contributed by atoms with Gasteiger partial charge in [-0.2, -0.15) is 0 Å². The number of nitrogens with one attached hydrogen (secondary N) is 2. The summed E-state index contributed by atoms with van der Waals surface area (Å²) in [6, 6.07) is 3.25. The third-order valence-corrected chi connectivity index (χ3v) is 8.42. The third-order valence-electron chi connectivity index (χ3n) is 8.42. The fraction of sp³-hybridized carbons (Fsp3) is 0.444. The lowest BCUT2D eigenvalue weighted by atomic mass is 9.71. The van der Waals surface area contributed by atoms with Crippen LogP contribution < -0.4 is 15.8 Å². The molecule has 0 radical (unpaired) electrons. The Kier molecular flexibility index (Phi) is 5.96. The largest absolute Gasteiger partial charge is 0.573 e. The number of carbonyl (C=O) groups is 2. The summed E-state index contributed by atoms with van der Waals surface area (Å²) in [5.41, 5.74) is 8.50. The fourth-order valence-corrected chi connectivity index (χ4v) is 6.47. The maximum atomic E-state index is 15.4. The van der Waals surface area contributed by atoms with Gasteiger partial charge in [0, 0.05) is 48.0 Å². The van der Waals surface area contributed by atoms with Crippen LogP contribution in [0.5, 0.6) is 5.75 Å². The maximum absolute atomic E-state index is 15.4. The number of hydrogen-bond donors (Lipinski definition) is 3. The molecule has 1 atom stereocenters. The first kappa shape index (κ1) is 25.4. The summed E-state index contributed by atoms with van der Waals surface area (Å²) in [5, 5.41) is 3.69. The predicted octanol–water partition coefficient (Wildman–Crippen LogP) is 4.20. The van der Waals surface area contributed by atoms with Crippen molar-refractivity contribution in [3.05, 3.63) is 52.6 Å². The van der Waals surface area contributed by atoms with Crippen LogP contribution in [-0.2, 0) is 17.6 Å². The molecule has 2 aliphatic heterocycles. The third kappa shape index (κ3) is 4.45. The molecule has 8 nitrogen and oxygen atoms in total. The Morgan fingerprint density at radius 1 is 1.21 bits per heavy atom. The van der Waals surface area contributed by atoms with Crippen molar-refractivity contribution in [1.82, 2.24) is 20.2 Å². The van der Waals surface area contributed by atoms with Gasteiger partial charge >= 0.3 is 6.36 Å². The first-order valence-corrected chi connectivity index (χ1v) is 13.0. The minimum absolute atomic E-state index is 0.0532. The second kappa shape index (κ2) is 9.13. The highest BCUT2D eigenvalue weighted by molar-refractivity contribution is 5.99. The van der Waals surface area contributed by atoms with Crippen molar-refractivity contribution in [2.24, 2.45) is 5.41 Å². The molecule has 0 unspecified atom stereocenters. The van der Waals surface area contributed by atoms with Crippen LogP contribution in [0.3, 0.4) is 0 Å². The van der Waals surface area contributed by atoms with E-state index in [0.717, 1.165) is 41.6 Å². The van der Waals surface area contributed by atoms with Crippen molar-refractivity contribution in [2.75, 3.05) is 25.4 Å².